The molecule has 3 aromatic rings. The predicted molar refractivity (Wildman–Crippen MR) is 88.8 cm³/mol. The Morgan fingerprint density at radius 2 is 2.04 bits per heavy atom. The average Bonchev–Trinajstić information content (AvgIpc) is 2.97. The second kappa shape index (κ2) is 6.80. The van der Waals surface area contributed by atoms with Gasteiger partial charge in [-0.3, -0.25) is 4.79 Å². The minimum absolute atomic E-state index is 0.358. The number of nitrogens with zero attached hydrogens (tertiary/aromatic N) is 1. The molecule has 0 aliphatic carbocycles. The minimum Gasteiger partial charge on any atom is -0.441 e. The van der Waals surface area contributed by atoms with Gasteiger partial charge in [-0.2, -0.15) is 0 Å². The molecule has 0 aliphatic rings. The average molecular weight is 327 g/mol. The molecule has 0 radical (unpaired) electrons. The molecule has 1 aromatic heterocycles. The van der Waals surface area contributed by atoms with E-state index in [4.69, 9.17) is 10.2 Å². The van der Waals surface area contributed by atoms with Crippen molar-refractivity contribution in [3.63, 3.8) is 0 Å². The van der Waals surface area contributed by atoms with Crippen molar-refractivity contribution in [2.75, 3.05) is 6.54 Å². The molecule has 1 amide bonds. The number of aryl methyl sites for hydroxylation is 1. The van der Waals surface area contributed by atoms with Crippen LogP contribution in [0.25, 0.3) is 11.1 Å². The van der Waals surface area contributed by atoms with Crippen LogP contribution in [0.3, 0.4) is 0 Å². The van der Waals surface area contributed by atoms with Crippen LogP contribution in [0, 0.1) is 12.7 Å². The maximum absolute atomic E-state index is 13.0. The highest BCUT2D eigenvalue weighted by molar-refractivity contribution is 5.81. The zero-order valence-corrected chi connectivity index (χ0v) is 13.3. The molecule has 1 atom stereocenters. The molecule has 3 rings (SSSR count). The van der Waals surface area contributed by atoms with Crippen LogP contribution < -0.4 is 11.1 Å². The number of primary amides is 1. The van der Waals surface area contributed by atoms with Gasteiger partial charge >= 0.3 is 0 Å². The number of hydrogen-bond donors (Lipinski definition) is 2. The van der Waals surface area contributed by atoms with E-state index in [0.29, 0.717) is 24.4 Å². The van der Waals surface area contributed by atoms with Gasteiger partial charge < -0.3 is 15.5 Å². The van der Waals surface area contributed by atoms with Crippen LogP contribution in [0.1, 0.15) is 23.1 Å². The number of fused-ring (bicyclic) bond motifs is 1. The molecule has 1 heterocycles. The molecule has 124 valence electrons. The molecule has 2 aromatic carbocycles. The molecule has 0 spiro atoms. The van der Waals surface area contributed by atoms with Gasteiger partial charge in [0.05, 0.1) is 0 Å². The maximum Gasteiger partial charge on any atom is 0.239 e. The lowest BCUT2D eigenvalue weighted by atomic mass is 10.1. The highest BCUT2D eigenvalue weighted by Gasteiger charge is 2.17. The van der Waals surface area contributed by atoms with Crippen molar-refractivity contribution in [2.45, 2.75) is 19.4 Å². The smallest absolute Gasteiger partial charge is 0.239 e. The minimum atomic E-state index is -0.684. The van der Waals surface area contributed by atoms with Crippen LogP contribution in [0.4, 0.5) is 4.39 Å². The van der Waals surface area contributed by atoms with E-state index in [9.17, 15) is 9.18 Å². The number of amides is 1. The van der Waals surface area contributed by atoms with Crippen molar-refractivity contribution in [1.82, 2.24) is 10.3 Å². The normalized spacial score (nSPS) is 12.4. The summed E-state index contributed by atoms with van der Waals surface area (Å²) >= 11 is 0. The topological polar surface area (TPSA) is 81.1 Å². The molecular weight excluding hydrogens is 309 g/mol. The molecule has 0 aliphatic heterocycles. The van der Waals surface area contributed by atoms with E-state index < -0.39 is 11.9 Å². The third-order valence-corrected chi connectivity index (χ3v) is 3.84. The van der Waals surface area contributed by atoms with Gasteiger partial charge in [0.25, 0.3) is 0 Å². The van der Waals surface area contributed by atoms with E-state index in [-0.39, 0.29) is 5.82 Å². The molecule has 0 saturated heterocycles. The summed E-state index contributed by atoms with van der Waals surface area (Å²) in [6.45, 7) is 2.43. The Morgan fingerprint density at radius 1 is 1.29 bits per heavy atom. The van der Waals surface area contributed by atoms with Crippen LogP contribution in [-0.4, -0.2) is 17.4 Å². The van der Waals surface area contributed by atoms with Gasteiger partial charge in [0.15, 0.2) is 11.5 Å². The largest absolute Gasteiger partial charge is 0.441 e. The summed E-state index contributed by atoms with van der Waals surface area (Å²) in [5, 5.41) is 3.07. The first-order valence-corrected chi connectivity index (χ1v) is 7.68. The standard InChI is InChI=1S/C18H18FN3O2/c1-11-3-2-4-14-16(11)22-15(24-14)9-10-21-17(18(20)23)12-5-7-13(19)8-6-12/h2-8,17,21H,9-10H2,1H3,(H2,20,23)/t17-/m0/s1. The van der Waals surface area contributed by atoms with Crippen LogP contribution >= 0.6 is 0 Å². The third-order valence-electron chi connectivity index (χ3n) is 3.84. The van der Waals surface area contributed by atoms with Gasteiger partial charge in [-0.25, -0.2) is 9.37 Å². The van der Waals surface area contributed by atoms with Gasteiger partial charge in [0.1, 0.15) is 17.4 Å². The SMILES string of the molecule is Cc1cccc2oc(CCN[C@H](C(N)=O)c3ccc(F)cc3)nc12. The highest BCUT2D eigenvalue weighted by Crippen LogP contribution is 2.19. The first-order valence-electron chi connectivity index (χ1n) is 7.68. The fourth-order valence-electron chi connectivity index (χ4n) is 2.60. The van der Waals surface area contributed by atoms with Crippen molar-refractivity contribution in [3.05, 3.63) is 65.3 Å². The third kappa shape index (κ3) is 3.44. The lowest BCUT2D eigenvalue weighted by Crippen LogP contribution is -2.34. The van der Waals surface area contributed by atoms with E-state index in [1.165, 1.54) is 12.1 Å². The highest BCUT2D eigenvalue weighted by atomic mass is 19.1. The molecule has 0 fully saturated rings. The number of para-hydroxylation sites is 1. The Balaban J connectivity index is 1.67. The van der Waals surface area contributed by atoms with Gasteiger partial charge in [0, 0.05) is 13.0 Å². The Hall–Kier alpha value is -2.73. The number of carbonyl (C=O) groups excluding carboxylic acids is 1. The lowest BCUT2D eigenvalue weighted by Gasteiger charge is -2.15. The second-order valence-corrected chi connectivity index (χ2v) is 5.62. The van der Waals surface area contributed by atoms with Crippen LogP contribution in [0.15, 0.2) is 46.9 Å². The molecule has 6 heteroatoms. The van der Waals surface area contributed by atoms with Crippen molar-refractivity contribution < 1.29 is 13.6 Å². The van der Waals surface area contributed by atoms with E-state index in [1.54, 1.807) is 12.1 Å². The fraction of sp³-hybridized carbons (Fsp3) is 0.222. The van der Waals surface area contributed by atoms with Gasteiger partial charge in [-0.05, 0) is 36.2 Å². The van der Waals surface area contributed by atoms with Gasteiger partial charge in [0.2, 0.25) is 5.91 Å². The molecule has 5 nitrogen and oxygen atoms in total. The van der Waals surface area contributed by atoms with Crippen LogP contribution in [0.2, 0.25) is 0 Å². The quantitative estimate of drug-likeness (QED) is 0.729. The first kappa shape index (κ1) is 16.1. The van der Waals surface area contributed by atoms with Gasteiger partial charge in [-0.1, -0.05) is 24.3 Å². The Bertz CT molecular complexity index is 858. The Morgan fingerprint density at radius 3 is 2.71 bits per heavy atom. The summed E-state index contributed by atoms with van der Waals surface area (Å²) in [5.41, 5.74) is 8.70. The number of rotatable bonds is 6. The summed E-state index contributed by atoms with van der Waals surface area (Å²) in [6, 6.07) is 10.8. The number of benzene rings is 2. The molecule has 0 bridgehead atoms. The summed E-state index contributed by atoms with van der Waals surface area (Å²) in [5.74, 6) is -0.284. The second-order valence-electron chi connectivity index (χ2n) is 5.62. The summed E-state index contributed by atoms with van der Waals surface area (Å²) in [4.78, 5) is 16.1. The van der Waals surface area contributed by atoms with Crippen molar-refractivity contribution >= 4 is 17.0 Å². The number of nitrogens with two attached hydrogens (primary N) is 1. The Kier molecular flexibility index (Phi) is 4.57. The molecule has 24 heavy (non-hydrogen) atoms. The number of halogens is 1. The van der Waals surface area contributed by atoms with E-state index in [2.05, 4.69) is 10.3 Å². The number of oxazole rings is 1. The zero-order valence-electron chi connectivity index (χ0n) is 13.3. The predicted octanol–water partition coefficient (Wildman–Crippen LogP) is 2.63. The van der Waals surface area contributed by atoms with E-state index in [1.807, 2.05) is 25.1 Å². The maximum atomic E-state index is 13.0. The first-order chi connectivity index (χ1) is 11.5. The number of aromatic nitrogens is 1. The Labute approximate surface area is 138 Å². The summed E-state index contributed by atoms with van der Waals surface area (Å²) in [7, 11) is 0. The fourth-order valence-corrected chi connectivity index (χ4v) is 2.60. The molecule has 0 saturated carbocycles. The summed E-state index contributed by atoms with van der Waals surface area (Å²) < 4.78 is 18.7. The monoisotopic (exact) mass is 327 g/mol. The van der Waals surface area contributed by atoms with Crippen LogP contribution in [-0.2, 0) is 11.2 Å². The van der Waals surface area contributed by atoms with Gasteiger partial charge in [-0.15, -0.1) is 0 Å². The van der Waals surface area contributed by atoms with Crippen molar-refractivity contribution in [3.8, 4) is 0 Å². The number of nitrogens with one attached hydrogen (secondary N) is 1. The lowest BCUT2D eigenvalue weighted by molar-refractivity contribution is -0.120. The molecule has 0 unspecified atom stereocenters. The van der Waals surface area contributed by atoms with Crippen LogP contribution in [0.5, 0.6) is 0 Å². The van der Waals surface area contributed by atoms with Crippen molar-refractivity contribution in [1.29, 1.82) is 0 Å². The number of carbonyl (C=O) groups is 1. The molecular formula is C18H18FN3O2. The summed E-state index contributed by atoms with van der Waals surface area (Å²) in [6.07, 6.45) is 0.513. The molecule has 3 N–H and O–H groups in total. The number of hydrogen-bond acceptors (Lipinski definition) is 4. The van der Waals surface area contributed by atoms with E-state index in [0.717, 1.165) is 16.7 Å². The van der Waals surface area contributed by atoms with E-state index >= 15 is 0 Å². The zero-order chi connectivity index (χ0) is 17.1. The van der Waals surface area contributed by atoms with Crippen molar-refractivity contribution in [2.24, 2.45) is 5.73 Å².